The topological polar surface area (TPSA) is 80.5 Å². The first-order valence-corrected chi connectivity index (χ1v) is 8.57. The number of nitrogens with zero attached hydrogens (tertiary/aromatic N) is 4. The standard InChI is InChI=1S/C18H22N4O3/c1-18(11-25-12-18)10-22-9-15(19-20-22)17(24)21-7-6-16(23)14-5-3-2-4-13(14)8-21/h2-5,9,16,23H,6-8,10-12H2,1H3. The molecule has 1 saturated heterocycles. The number of benzene rings is 1. The smallest absolute Gasteiger partial charge is 0.276 e. The van der Waals surface area contributed by atoms with Crippen molar-refractivity contribution < 1.29 is 14.6 Å². The van der Waals surface area contributed by atoms with Gasteiger partial charge in [0.1, 0.15) is 0 Å². The number of carbonyl (C=O) groups is 1. The van der Waals surface area contributed by atoms with Crippen LogP contribution in [0.3, 0.4) is 0 Å². The zero-order chi connectivity index (χ0) is 17.4. The first-order chi connectivity index (χ1) is 12.0. The van der Waals surface area contributed by atoms with E-state index in [1.165, 1.54) is 0 Å². The van der Waals surface area contributed by atoms with E-state index in [0.29, 0.717) is 45.0 Å². The quantitative estimate of drug-likeness (QED) is 0.912. The van der Waals surface area contributed by atoms with Gasteiger partial charge in [0.2, 0.25) is 0 Å². The van der Waals surface area contributed by atoms with Crippen LogP contribution in [-0.2, 0) is 17.8 Å². The molecule has 1 atom stereocenters. The van der Waals surface area contributed by atoms with Gasteiger partial charge in [-0.1, -0.05) is 36.4 Å². The van der Waals surface area contributed by atoms with Gasteiger partial charge in [-0.25, -0.2) is 0 Å². The molecule has 0 aliphatic carbocycles. The summed E-state index contributed by atoms with van der Waals surface area (Å²) in [6.45, 7) is 5.20. The van der Waals surface area contributed by atoms with E-state index in [9.17, 15) is 9.90 Å². The summed E-state index contributed by atoms with van der Waals surface area (Å²) in [7, 11) is 0. The number of hydrogen-bond acceptors (Lipinski definition) is 5. The van der Waals surface area contributed by atoms with Gasteiger partial charge in [0.25, 0.3) is 5.91 Å². The van der Waals surface area contributed by atoms with Gasteiger partial charge in [0.05, 0.1) is 32.1 Å². The largest absolute Gasteiger partial charge is 0.388 e. The summed E-state index contributed by atoms with van der Waals surface area (Å²) in [6.07, 6.45) is 1.69. The summed E-state index contributed by atoms with van der Waals surface area (Å²) in [5.74, 6) is -0.148. The number of hydrogen-bond donors (Lipinski definition) is 1. The monoisotopic (exact) mass is 342 g/mol. The zero-order valence-electron chi connectivity index (χ0n) is 14.3. The maximum atomic E-state index is 12.8. The lowest BCUT2D eigenvalue weighted by molar-refractivity contribution is -0.111. The van der Waals surface area contributed by atoms with Gasteiger partial charge in [0.15, 0.2) is 5.69 Å². The first kappa shape index (κ1) is 16.2. The van der Waals surface area contributed by atoms with Crippen molar-refractivity contribution in [2.45, 2.75) is 32.5 Å². The third-order valence-corrected chi connectivity index (χ3v) is 4.94. The number of rotatable bonds is 3. The number of aromatic nitrogens is 3. The molecule has 7 nitrogen and oxygen atoms in total. The predicted octanol–water partition coefficient (Wildman–Crippen LogP) is 1.39. The molecule has 7 heteroatoms. The van der Waals surface area contributed by atoms with Crippen LogP contribution < -0.4 is 0 Å². The Morgan fingerprint density at radius 3 is 2.96 bits per heavy atom. The summed E-state index contributed by atoms with van der Waals surface area (Å²) in [4.78, 5) is 14.6. The number of ether oxygens (including phenoxy) is 1. The first-order valence-electron chi connectivity index (χ1n) is 8.57. The number of aliphatic hydroxyl groups is 1. The van der Waals surface area contributed by atoms with E-state index in [4.69, 9.17) is 4.74 Å². The highest BCUT2D eigenvalue weighted by atomic mass is 16.5. The second kappa shape index (κ2) is 6.24. The molecule has 0 radical (unpaired) electrons. The van der Waals surface area contributed by atoms with Crippen LogP contribution in [-0.4, -0.2) is 50.7 Å². The van der Waals surface area contributed by atoms with E-state index in [-0.39, 0.29) is 11.3 Å². The maximum Gasteiger partial charge on any atom is 0.276 e. The minimum Gasteiger partial charge on any atom is -0.388 e. The van der Waals surface area contributed by atoms with Crippen LogP contribution in [0.2, 0.25) is 0 Å². The lowest BCUT2D eigenvalue weighted by atomic mass is 9.89. The van der Waals surface area contributed by atoms with E-state index < -0.39 is 6.10 Å². The van der Waals surface area contributed by atoms with Crippen LogP contribution in [0.25, 0.3) is 0 Å². The third kappa shape index (κ3) is 3.17. The zero-order valence-corrected chi connectivity index (χ0v) is 14.3. The van der Waals surface area contributed by atoms with Crippen LogP contribution >= 0.6 is 0 Å². The van der Waals surface area contributed by atoms with Crippen molar-refractivity contribution in [1.82, 2.24) is 19.9 Å². The molecule has 0 saturated carbocycles. The van der Waals surface area contributed by atoms with Crippen molar-refractivity contribution in [3.63, 3.8) is 0 Å². The molecule has 1 aromatic heterocycles. The molecular formula is C18H22N4O3. The Morgan fingerprint density at radius 2 is 2.20 bits per heavy atom. The average Bonchev–Trinajstić information content (AvgIpc) is 2.97. The Kier molecular flexibility index (Phi) is 4.05. The Morgan fingerprint density at radius 1 is 1.40 bits per heavy atom. The fourth-order valence-electron chi connectivity index (χ4n) is 3.46. The summed E-state index contributed by atoms with van der Waals surface area (Å²) in [5.41, 5.74) is 2.30. The van der Waals surface area contributed by atoms with E-state index in [0.717, 1.165) is 11.1 Å². The Bertz CT molecular complexity index is 784. The summed E-state index contributed by atoms with van der Waals surface area (Å²) >= 11 is 0. The van der Waals surface area contributed by atoms with Crippen molar-refractivity contribution in [3.05, 3.63) is 47.3 Å². The molecule has 2 aliphatic heterocycles. The highest BCUT2D eigenvalue weighted by Gasteiger charge is 2.34. The lowest BCUT2D eigenvalue weighted by Crippen LogP contribution is -2.43. The van der Waals surface area contributed by atoms with E-state index in [2.05, 4.69) is 17.2 Å². The van der Waals surface area contributed by atoms with Crippen molar-refractivity contribution in [3.8, 4) is 0 Å². The summed E-state index contributed by atoms with van der Waals surface area (Å²) < 4.78 is 6.97. The molecule has 2 aliphatic rings. The van der Waals surface area contributed by atoms with Gasteiger partial charge in [-0.2, -0.15) is 0 Å². The highest BCUT2D eigenvalue weighted by Crippen LogP contribution is 2.29. The lowest BCUT2D eigenvalue weighted by Gasteiger charge is -2.37. The van der Waals surface area contributed by atoms with Gasteiger partial charge in [-0.3, -0.25) is 9.48 Å². The molecule has 25 heavy (non-hydrogen) atoms. The normalized spacial score (nSPS) is 22.0. The van der Waals surface area contributed by atoms with Crippen LogP contribution in [0.15, 0.2) is 30.5 Å². The average molecular weight is 342 g/mol. The van der Waals surface area contributed by atoms with E-state index in [1.54, 1.807) is 15.8 Å². The van der Waals surface area contributed by atoms with Gasteiger partial charge >= 0.3 is 0 Å². The van der Waals surface area contributed by atoms with Crippen LogP contribution in [0.5, 0.6) is 0 Å². The molecular weight excluding hydrogens is 320 g/mol. The molecule has 1 fully saturated rings. The molecule has 4 rings (SSSR count). The maximum absolute atomic E-state index is 12.8. The minimum absolute atomic E-state index is 0.0691. The Hall–Kier alpha value is -2.25. The molecule has 0 bridgehead atoms. The van der Waals surface area contributed by atoms with Gasteiger partial charge in [0, 0.05) is 18.5 Å². The fraction of sp³-hybridized carbons (Fsp3) is 0.500. The van der Waals surface area contributed by atoms with Crippen molar-refractivity contribution in [2.24, 2.45) is 5.41 Å². The van der Waals surface area contributed by atoms with Crippen LogP contribution in [0.4, 0.5) is 0 Å². The van der Waals surface area contributed by atoms with Crippen molar-refractivity contribution in [1.29, 1.82) is 0 Å². The molecule has 3 heterocycles. The fourth-order valence-corrected chi connectivity index (χ4v) is 3.46. The second-order valence-corrected chi connectivity index (χ2v) is 7.33. The molecule has 1 unspecified atom stereocenters. The minimum atomic E-state index is -0.539. The summed E-state index contributed by atoms with van der Waals surface area (Å²) in [6, 6.07) is 7.72. The number of amides is 1. The molecule has 1 aromatic carbocycles. The van der Waals surface area contributed by atoms with Gasteiger partial charge in [-0.15, -0.1) is 5.10 Å². The predicted molar refractivity (Wildman–Crippen MR) is 89.7 cm³/mol. The second-order valence-electron chi connectivity index (χ2n) is 7.33. The van der Waals surface area contributed by atoms with Gasteiger partial charge < -0.3 is 14.7 Å². The van der Waals surface area contributed by atoms with E-state index >= 15 is 0 Å². The van der Waals surface area contributed by atoms with Crippen LogP contribution in [0, 0.1) is 5.41 Å². The van der Waals surface area contributed by atoms with Crippen molar-refractivity contribution in [2.75, 3.05) is 19.8 Å². The Balaban J connectivity index is 1.50. The molecule has 2 aromatic rings. The number of fused-ring (bicyclic) bond motifs is 1. The highest BCUT2D eigenvalue weighted by molar-refractivity contribution is 5.92. The Labute approximate surface area is 146 Å². The molecule has 1 N–H and O–H groups in total. The molecule has 1 amide bonds. The molecule has 0 spiro atoms. The summed E-state index contributed by atoms with van der Waals surface area (Å²) in [5, 5.41) is 18.4. The molecule has 132 valence electrons. The number of carbonyl (C=O) groups excluding carboxylic acids is 1. The van der Waals surface area contributed by atoms with E-state index in [1.807, 2.05) is 24.3 Å². The van der Waals surface area contributed by atoms with Crippen LogP contribution in [0.1, 0.15) is 41.1 Å². The third-order valence-electron chi connectivity index (χ3n) is 4.94. The number of aliphatic hydroxyl groups excluding tert-OH is 1. The SMILES string of the molecule is CC1(Cn2cc(C(=O)N3CCC(O)c4ccccc4C3)nn2)COC1. The van der Waals surface area contributed by atoms with Gasteiger partial charge in [-0.05, 0) is 17.5 Å². The van der Waals surface area contributed by atoms with Crippen molar-refractivity contribution >= 4 is 5.91 Å².